The zero-order valence-electron chi connectivity index (χ0n) is 12.4. The molecule has 104 valence electrons. The van der Waals surface area contributed by atoms with Crippen molar-refractivity contribution in [3.05, 3.63) is 0 Å². The molecule has 1 rings (SSSR count). The van der Waals surface area contributed by atoms with E-state index in [9.17, 15) is 0 Å². The average molecular weight is 249 g/mol. The van der Waals surface area contributed by atoms with Crippen LogP contribution in [0.1, 0.15) is 78.1 Å². The van der Waals surface area contributed by atoms with Crippen molar-refractivity contribution in [3.8, 4) is 11.8 Å². The Hall–Kier alpha value is -0.480. The van der Waals surface area contributed by atoms with Gasteiger partial charge in [0.05, 0.1) is 0 Å². The van der Waals surface area contributed by atoms with Gasteiger partial charge < -0.3 is 5.32 Å². The highest BCUT2D eigenvalue weighted by Gasteiger charge is 2.17. The Balaban J connectivity index is 2.33. The lowest BCUT2D eigenvalue weighted by molar-refractivity contribution is 0.341. The van der Waals surface area contributed by atoms with Crippen molar-refractivity contribution in [1.29, 1.82) is 0 Å². The van der Waals surface area contributed by atoms with Crippen molar-refractivity contribution in [1.82, 2.24) is 5.32 Å². The van der Waals surface area contributed by atoms with Crippen LogP contribution in [0.25, 0.3) is 0 Å². The van der Waals surface area contributed by atoms with Crippen LogP contribution in [-0.2, 0) is 0 Å². The topological polar surface area (TPSA) is 12.0 Å². The second-order valence-electron chi connectivity index (χ2n) is 5.71. The van der Waals surface area contributed by atoms with Crippen molar-refractivity contribution in [2.75, 3.05) is 6.54 Å². The van der Waals surface area contributed by atoms with Gasteiger partial charge in [-0.25, -0.2) is 0 Å². The van der Waals surface area contributed by atoms with E-state index < -0.39 is 0 Å². The molecule has 0 bridgehead atoms. The second-order valence-corrected chi connectivity index (χ2v) is 5.71. The van der Waals surface area contributed by atoms with Gasteiger partial charge in [0.1, 0.15) is 0 Å². The SMILES string of the molecule is CC#CCCC(CC1CCCCCC1)NCCC. The van der Waals surface area contributed by atoms with Crippen LogP contribution < -0.4 is 5.32 Å². The molecule has 0 aromatic rings. The van der Waals surface area contributed by atoms with Crippen molar-refractivity contribution in [2.24, 2.45) is 5.92 Å². The zero-order valence-corrected chi connectivity index (χ0v) is 12.4. The van der Waals surface area contributed by atoms with Crippen molar-refractivity contribution in [3.63, 3.8) is 0 Å². The molecule has 1 fully saturated rings. The molecule has 1 unspecified atom stereocenters. The molecule has 0 radical (unpaired) electrons. The Morgan fingerprint density at radius 2 is 1.89 bits per heavy atom. The van der Waals surface area contributed by atoms with Crippen LogP contribution >= 0.6 is 0 Å². The molecule has 1 aliphatic rings. The van der Waals surface area contributed by atoms with Crippen molar-refractivity contribution < 1.29 is 0 Å². The first-order chi connectivity index (χ1) is 8.86. The monoisotopic (exact) mass is 249 g/mol. The fraction of sp³-hybridized carbons (Fsp3) is 0.882. The summed E-state index contributed by atoms with van der Waals surface area (Å²) in [6.07, 6.45) is 13.7. The van der Waals surface area contributed by atoms with Crippen LogP contribution in [0, 0.1) is 17.8 Å². The van der Waals surface area contributed by atoms with E-state index in [1.54, 1.807) is 0 Å². The highest BCUT2D eigenvalue weighted by molar-refractivity contribution is 4.95. The number of hydrogen-bond acceptors (Lipinski definition) is 1. The van der Waals surface area contributed by atoms with Gasteiger partial charge >= 0.3 is 0 Å². The molecule has 0 saturated heterocycles. The molecular weight excluding hydrogens is 218 g/mol. The van der Waals surface area contributed by atoms with E-state index in [0.29, 0.717) is 6.04 Å². The molecule has 0 amide bonds. The van der Waals surface area contributed by atoms with Gasteiger partial charge in [0.2, 0.25) is 0 Å². The zero-order chi connectivity index (χ0) is 13.1. The highest BCUT2D eigenvalue weighted by atomic mass is 14.9. The number of nitrogens with one attached hydrogen (secondary N) is 1. The van der Waals surface area contributed by atoms with Gasteiger partial charge in [0.15, 0.2) is 0 Å². The summed E-state index contributed by atoms with van der Waals surface area (Å²) in [4.78, 5) is 0. The van der Waals surface area contributed by atoms with Crippen LogP contribution in [0.4, 0.5) is 0 Å². The molecule has 0 aromatic heterocycles. The first-order valence-electron chi connectivity index (χ1n) is 7.99. The molecule has 1 nitrogen and oxygen atoms in total. The van der Waals surface area contributed by atoms with E-state index in [-0.39, 0.29) is 0 Å². The fourth-order valence-corrected chi connectivity index (χ4v) is 3.03. The Bertz CT molecular complexity index is 240. The minimum absolute atomic E-state index is 0.703. The smallest absolute Gasteiger partial charge is 0.0103 e. The molecule has 1 atom stereocenters. The van der Waals surface area contributed by atoms with E-state index in [4.69, 9.17) is 0 Å². The van der Waals surface area contributed by atoms with Gasteiger partial charge in [0.25, 0.3) is 0 Å². The van der Waals surface area contributed by atoms with Crippen molar-refractivity contribution >= 4 is 0 Å². The van der Waals surface area contributed by atoms with E-state index >= 15 is 0 Å². The molecule has 1 saturated carbocycles. The van der Waals surface area contributed by atoms with E-state index in [2.05, 4.69) is 24.1 Å². The van der Waals surface area contributed by atoms with Crippen LogP contribution in [0.5, 0.6) is 0 Å². The lowest BCUT2D eigenvalue weighted by atomic mass is 9.91. The maximum Gasteiger partial charge on any atom is 0.0103 e. The first-order valence-corrected chi connectivity index (χ1v) is 7.99. The standard InChI is InChI=1S/C17H31N/c1-3-5-8-13-17(18-14-4-2)15-16-11-9-6-7-10-12-16/h16-18H,4,6-15H2,1-2H3. The fourth-order valence-electron chi connectivity index (χ4n) is 3.03. The summed E-state index contributed by atoms with van der Waals surface area (Å²) in [5.74, 6) is 7.20. The van der Waals surface area contributed by atoms with Crippen LogP contribution in [0.15, 0.2) is 0 Å². The molecule has 1 N–H and O–H groups in total. The number of rotatable bonds is 7. The summed E-state index contributed by atoms with van der Waals surface area (Å²) in [5.41, 5.74) is 0. The normalized spacial score (nSPS) is 18.8. The lowest BCUT2D eigenvalue weighted by Gasteiger charge is -2.23. The van der Waals surface area contributed by atoms with Crippen LogP contribution in [0.2, 0.25) is 0 Å². The van der Waals surface area contributed by atoms with Crippen LogP contribution in [-0.4, -0.2) is 12.6 Å². The molecule has 0 aromatic carbocycles. The summed E-state index contributed by atoms with van der Waals surface area (Å²) in [6, 6.07) is 0.703. The summed E-state index contributed by atoms with van der Waals surface area (Å²) in [5, 5.41) is 3.73. The van der Waals surface area contributed by atoms with Gasteiger partial charge in [-0.3, -0.25) is 0 Å². The number of hydrogen-bond donors (Lipinski definition) is 1. The summed E-state index contributed by atoms with van der Waals surface area (Å²) in [7, 11) is 0. The molecule has 0 spiro atoms. The van der Waals surface area contributed by atoms with Gasteiger partial charge in [-0.2, -0.15) is 0 Å². The van der Waals surface area contributed by atoms with Gasteiger partial charge in [-0.15, -0.1) is 11.8 Å². The lowest BCUT2D eigenvalue weighted by Crippen LogP contribution is -2.31. The Kier molecular flexibility index (Phi) is 9.04. The molecule has 0 aliphatic heterocycles. The quantitative estimate of drug-likeness (QED) is 0.517. The van der Waals surface area contributed by atoms with E-state index in [1.807, 2.05) is 6.92 Å². The molecule has 1 heteroatoms. The maximum absolute atomic E-state index is 3.73. The van der Waals surface area contributed by atoms with Gasteiger partial charge in [-0.1, -0.05) is 45.4 Å². The van der Waals surface area contributed by atoms with E-state index in [1.165, 1.54) is 57.8 Å². The maximum atomic E-state index is 3.73. The minimum atomic E-state index is 0.703. The van der Waals surface area contributed by atoms with Gasteiger partial charge in [0, 0.05) is 12.5 Å². The molecule has 1 aliphatic carbocycles. The average Bonchev–Trinajstić information content (AvgIpc) is 2.64. The highest BCUT2D eigenvalue weighted by Crippen LogP contribution is 2.27. The second kappa shape index (κ2) is 10.4. The third kappa shape index (κ3) is 7.07. The predicted octanol–water partition coefficient (Wildman–Crippen LogP) is 4.52. The summed E-state index contributed by atoms with van der Waals surface area (Å²) < 4.78 is 0. The molecule has 18 heavy (non-hydrogen) atoms. The van der Waals surface area contributed by atoms with Crippen molar-refractivity contribution in [2.45, 2.75) is 84.1 Å². The molecular formula is C17H31N. The summed E-state index contributed by atoms with van der Waals surface area (Å²) >= 11 is 0. The first kappa shape index (κ1) is 15.6. The van der Waals surface area contributed by atoms with E-state index in [0.717, 1.165) is 18.9 Å². The molecule has 0 heterocycles. The minimum Gasteiger partial charge on any atom is -0.314 e. The summed E-state index contributed by atoms with van der Waals surface area (Å²) in [6.45, 7) is 5.36. The Morgan fingerprint density at radius 1 is 1.17 bits per heavy atom. The third-order valence-electron chi connectivity index (χ3n) is 4.07. The predicted molar refractivity (Wildman–Crippen MR) is 80.6 cm³/mol. The Morgan fingerprint density at radius 3 is 2.50 bits per heavy atom. The van der Waals surface area contributed by atoms with Crippen LogP contribution in [0.3, 0.4) is 0 Å². The Labute approximate surface area is 114 Å². The third-order valence-corrected chi connectivity index (χ3v) is 4.07. The largest absolute Gasteiger partial charge is 0.314 e. The van der Waals surface area contributed by atoms with Gasteiger partial charge in [-0.05, 0) is 38.6 Å².